The normalized spacial score (nSPS) is 10.7. The highest BCUT2D eigenvalue weighted by molar-refractivity contribution is 7.15. The second-order valence-electron chi connectivity index (χ2n) is 6.21. The van der Waals surface area contributed by atoms with Crippen LogP contribution in [-0.4, -0.2) is 40.1 Å². The van der Waals surface area contributed by atoms with Gasteiger partial charge in [0.25, 0.3) is 5.91 Å². The van der Waals surface area contributed by atoms with Gasteiger partial charge in [0, 0.05) is 19.2 Å². The van der Waals surface area contributed by atoms with E-state index < -0.39 is 0 Å². The van der Waals surface area contributed by atoms with E-state index in [2.05, 4.69) is 27.5 Å². The van der Waals surface area contributed by atoms with Crippen LogP contribution >= 0.6 is 11.3 Å². The maximum atomic E-state index is 12.5. The first kappa shape index (κ1) is 19.8. The quantitative estimate of drug-likeness (QED) is 0.623. The molecule has 2 aromatic heterocycles. The lowest BCUT2D eigenvalue weighted by Gasteiger charge is -2.08. The van der Waals surface area contributed by atoms with Crippen molar-refractivity contribution in [2.24, 2.45) is 0 Å². The minimum Gasteiger partial charge on any atom is -0.493 e. The molecule has 0 aliphatic heterocycles. The van der Waals surface area contributed by atoms with Crippen LogP contribution in [0.25, 0.3) is 0 Å². The molecule has 2 heterocycles. The van der Waals surface area contributed by atoms with Crippen LogP contribution < -0.4 is 14.8 Å². The molecule has 0 saturated heterocycles. The molecule has 148 valence electrons. The number of aryl methyl sites for hydroxylation is 2. The molecule has 0 aliphatic carbocycles. The van der Waals surface area contributed by atoms with Crippen LogP contribution in [0.15, 0.2) is 24.4 Å². The molecule has 0 saturated carbocycles. The van der Waals surface area contributed by atoms with E-state index >= 15 is 0 Å². The Hall–Kier alpha value is -2.94. The van der Waals surface area contributed by atoms with Crippen LogP contribution in [0.5, 0.6) is 11.5 Å². The van der Waals surface area contributed by atoms with Gasteiger partial charge in [-0.15, -0.1) is 10.2 Å². The van der Waals surface area contributed by atoms with Gasteiger partial charge in [-0.3, -0.25) is 14.8 Å². The van der Waals surface area contributed by atoms with Crippen molar-refractivity contribution in [3.05, 3.63) is 46.2 Å². The van der Waals surface area contributed by atoms with Gasteiger partial charge in [0.2, 0.25) is 5.13 Å². The van der Waals surface area contributed by atoms with E-state index in [4.69, 9.17) is 9.47 Å². The summed E-state index contributed by atoms with van der Waals surface area (Å²) in [5, 5.41) is 16.7. The van der Waals surface area contributed by atoms with Gasteiger partial charge in [-0.1, -0.05) is 24.3 Å². The maximum Gasteiger partial charge on any atom is 0.260 e. The zero-order valence-electron chi connectivity index (χ0n) is 16.4. The molecule has 0 aliphatic rings. The zero-order chi connectivity index (χ0) is 20.1. The number of carbonyl (C=O) groups is 1. The Labute approximate surface area is 167 Å². The molecule has 0 radical (unpaired) electrons. The number of nitrogens with one attached hydrogen (secondary N) is 1. The van der Waals surface area contributed by atoms with Gasteiger partial charge in [0.1, 0.15) is 5.01 Å². The van der Waals surface area contributed by atoms with Crippen molar-refractivity contribution in [2.45, 2.75) is 33.2 Å². The van der Waals surface area contributed by atoms with Crippen molar-refractivity contribution in [3.8, 4) is 11.5 Å². The van der Waals surface area contributed by atoms with Gasteiger partial charge < -0.3 is 9.47 Å². The van der Waals surface area contributed by atoms with Crippen molar-refractivity contribution >= 4 is 22.4 Å². The smallest absolute Gasteiger partial charge is 0.260 e. The van der Waals surface area contributed by atoms with Gasteiger partial charge >= 0.3 is 0 Å². The van der Waals surface area contributed by atoms with Crippen molar-refractivity contribution in [1.29, 1.82) is 0 Å². The van der Waals surface area contributed by atoms with E-state index in [1.165, 1.54) is 11.3 Å². The third-order valence-corrected chi connectivity index (χ3v) is 4.97. The van der Waals surface area contributed by atoms with Gasteiger partial charge in [-0.2, -0.15) is 5.10 Å². The maximum absolute atomic E-state index is 12.5. The number of rotatable bonds is 8. The number of nitrogens with zero attached hydrogens (tertiary/aromatic N) is 4. The summed E-state index contributed by atoms with van der Waals surface area (Å²) in [7, 11) is 3.20. The Kier molecular flexibility index (Phi) is 6.25. The number of hydrogen-bond donors (Lipinski definition) is 1. The van der Waals surface area contributed by atoms with Crippen molar-refractivity contribution in [2.75, 3.05) is 19.5 Å². The molecule has 8 nitrogen and oxygen atoms in total. The monoisotopic (exact) mass is 401 g/mol. The van der Waals surface area contributed by atoms with Crippen LogP contribution in [0.4, 0.5) is 5.13 Å². The molecule has 0 spiro atoms. The molecule has 3 aromatic rings. The highest BCUT2D eigenvalue weighted by Crippen LogP contribution is 2.29. The molecule has 1 N–H and O–H groups in total. The molecular weight excluding hydrogens is 378 g/mol. The second-order valence-corrected chi connectivity index (χ2v) is 7.27. The Morgan fingerprint density at radius 1 is 1.21 bits per heavy atom. The Morgan fingerprint density at radius 2 is 2.00 bits per heavy atom. The fraction of sp³-hybridized carbons (Fsp3) is 0.368. The summed E-state index contributed by atoms with van der Waals surface area (Å²) in [6.07, 6.45) is 3.30. The lowest BCUT2D eigenvalue weighted by molar-refractivity contribution is 0.102. The van der Waals surface area contributed by atoms with E-state index in [-0.39, 0.29) is 5.91 Å². The van der Waals surface area contributed by atoms with E-state index in [1.807, 2.05) is 25.1 Å². The molecule has 1 amide bonds. The summed E-state index contributed by atoms with van der Waals surface area (Å²) in [6, 6.07) is 5.71. The van der Waals surface area contributed by atoms with Crippen LogP contribution in [0.2, 0.25) is 0 Å². The highest BCUT2D eigenvalue weighted by atomic mass is 32.1. The summed E-state index contributed by atoms with van der Waals surface area (Å²) in [6.45, 7) is 4.67. The van der Waals surface area contributed by atoms with Gasteiger partial charge in [-0.05, 0) is 31.0 Å². The second kappa shape index (κ2) is 8.83. The largest absolute Gasteiger partial charge is 0.493 e. The number of carbonyl (C=O) groups excluding carboxylic acids is 1. The zero-order valence-corrected chi connectivity index (χ0v) is 17.2. The van der Waals surface area contributed by atoms with Crippen LogP contribution in [-0.2, 0) is 13.0 Å². The lowest BCUT2D eigenvalue weighted by Crippen LogP contribution is -2.12. The van der Waals surface area contributed by atoms with Gasteiger partial charge in [-0.25, -0.2) is 0 Å². The first-order chi connectivity index (χ1) is 13.5. The molecule has 0 fully saturated rings. The standard InChI is InChI=1S/C19H23N5O3S/c1-5-8-24-11-14(12(2)23-24)18(25)20-19-22-21-17(28-19)10-13-6-7-15(26-3)16(9-13)27-4/h6-7,9,11H,5,8,10H2,1-4H3,(H,20,22,25). The van der Waals surface area contributed by atoms with Crippen molar-refractivity contribution in [3.63, 3.8) is 0 Å². The number of amides is 1. The van der Waals surface area contributed by atoms with E-state index in [0.717, 1.165) is 23.5 Å². The number of aromatic nitrogens is 4. The van der Waals surface area contributed by atoms with E-state index in [1.54, 1.807) is 25.1 Å². The number of hydrogen-bond acceptors (Lipinski definition) is 7. The summed E-state index contributed by atoms with van der Waals surface area (Å²) < 4.78 is 12.4. The summed E-state index contributed by atoms with van der Waals surface area (Å²) >= 11 is 1.34. The fourth-order valence-electron chi connectivity index (χ4n) is 2.79. The Bertz CT molecular complexity index is 966. The van der Waals surface area contributed by atoms with Crippen LogP contribution in [0, 0.1) is 6.92 Å². The average molecular weight is 401 g/mol. The molecule has 0 atom stereocenters. The first-order valence-corrected chi connectivity index (χ1v) is 9.74. The van der Waals surface area contributed by atoms with E-state index in [9.17, 15) is 4.79 Å². The third kappa shape index (κ3) is 4.48. The summed E-state index contributed by atoms with van der Waals surface area (Å²) in [4.78, 5) is 12.5. The number of anilines is 1. The average Bonchev–Trinajstić information content (AvgIpc) is 3.28. The van der Waals surface area contributed by atoms with Gasteiger partial charge in [0.15, 0.2) is 11.5 Å². The molecule has 28 heavy (non-hydrogen) atoms. The fourth-order valence-corrected chi connectivity index (χ4v) is 3.56. The Balaban J connectivity index is 1.68. The minimum absolute atomic E-state index is 0.228. The first-order valence-electron chi connectivity index (χ1n) is 8.92. The summed E-state index contributed by atoms with van der Waals surface area (Å²) in [5.74, 6) is 1.11. The number of ether oxygens (including phenoxy) is 2. The van der Waals surface area contributed by atoms with Crippen LogP contribution in [0.1, 0.15) is 40.0 Å². The number of methoxy groups -OCH3 is 2. The molecule has 3 rings (SSSR count). The van der Waals surface area contributed by atoms with E-state index in [0.29, 0.717) is 34.3 Å². The number of benzene rings is 1. The topological polar surface area (TPSA) is 91.2 Å². The van der Waals surface area contributed by atoms with Crippen molar-refractivity contribution < 1.29 is 14.3 Å². The predicted octanol–water partition coefficient (Wildman–Crippen LogP) is 3.31. The molecule has 1 aromatic carbocycles. The third-order valence-electron chi connectivity index (χ3n) is 4.13. The van der Waals surface area contributed by atoms with Crippen molar-refractivity contribution in [1.82, 2.24) is 20.0 Å². The molecular formula is C19H23N5O3S. The molecule has 0 unspecified atom stereocenters. The summed E-state index contributed by atoms with van der Waals surface area (Å²) in [5.41, 5.74) is 2.26. The predicted molar refractivity (Wildman–Crippen MR) is 107 cm³/mol. The lowest BCUT2D eigenvalue weighted by atomic mass is 10.1. The Morgan fingerprint density at radius 3 is 2.71 bits per heavy atom. The molecule has 0 bridgehead atoms. The SMILES string of the molecule is CCCn1cc(C(=O)Nc2nnc(Cc3ccc(OC)c(OC)c3)s2)c(C)n1. The van der Waals surface area contributed by atoms with Gasteiger partial charge in [0.05, 0.1) is 25.5 Å². The highest BCUT2D eigenvalue weighted by Gasteiger charge is 2.16. The van der Waals surface area contributed by atoms with Crippen LogP contribution in [0.3, 0.4) is 0 Å². The molecule has 9 heteroatoms. The minimum atomic E-state index is -0.228.